The Kier molecular flexibility index (Phi) is 4.23. The summed E-state index contributed by atoms with van der Waals surface area (Å²) in [5.74, 6) is -0.825. The highest BCUT2D eigenvalue weighted by Crippen LogP contribution is 2.37. The Morgan fingerprint density at radius 1 is 1.12 bits per heavy atom. The molecule has 0 aromatic carbocycles. The third-order valence-electron chi connectivity index (χ3n) is 3.36. The summed E-state index contributed by atoms with van der Waals surface area (Å²) in [7, 11) is 0. The molecule has 0 bridgehead atoms. The first kappa shape index (κ1) is 13.8. The highest BCUT2D eigenvalue weighted by molar-refractivity contribution is 4.93. The molecule has 0 spiro atoms. The fourth-order valence-corrected chi connectivity index (χ4v) is 2.06. The minimum atomic E-state index is -4.56. The standard InChI is InChI=1S/C11H20F3NO/c1-9(2)10(16,11(12,13)14)8-15-6-4-3-5-7-15/h9,16H,3-8H2,1-2H3/t10-/m1/s1. The molecule has 1 aliphatic heterocycles. The van der Waals surface area contributed by atoms with Gasteiger partial charge in [0.1, 0.15) is 0 Å². The lowest BCUT2D eigenvalue weighted by Gasteiger charge is -2.39. The number of alkyl halides is 3. The molecule has 1 heterocycles. The number of aliphatic hydroxyl groups is 1. The number of nitrogens with zero attached hydrogens (tertiary/aromatic N) is 1. The molecule has 2 nitrogen and oxygen atoms in total. The monoisotopic (exact) mass is 239 g/mol. The quantitative estimate of drug-likeness (QED) is 0.817. The second-order valence-corrected chi connectivity index (χ2v) is 4.91. The van der Waals surface area contributed by atoms with Crippen LogP contribution in [-0.2, 0) is 0 Å². The lowest BCUT2D eigenvalue weighted by molar-refractivity contribution is -0.281. The van der Waals surface area contributed by atoms with Gasteiger partial charge in [-0.05, 0) is 31.8 Å². The van der Waals surface area contributed by atoms with E-state index in [2.05, 4.69) is 0 Å². The third-order valence-corrected chi connectivity index (χ3v) is 3.36. The van der Waals surface area contributed by atoms with Crippen LogP contribution in [0.3, 0.4) is 0 Å². The van der Waals surface area contributed by atoms with Crippen molar-refractivity contribution >= 4 is 0 Å². The van der Waals surface area contributed by atoms with Crippen LogP contribution in [0.1, 0.15) is 33.1 Å². The predicted octanol–water partition coefficient (Wildman–Crippen LogP) is 2.42. The maximum Gasteiger partial charge on any atom is 0.418 e. The van der Waals surface area contributed by atoms with Crippen LogP contribution >= 0.6 is 0 Å². The molecule has 5 heteroatoms. The number of halogens is 3. The van der Waals surface area contributed by atoms with Crippen LogP contribution in [0.5, 0.6) is 0 Å². The van der Waals surface area contributed by atoms with E-state index in [1.807, 2.05) is 0 Å². The van der Waals surface area contributed by atoms with E-state index in [-0.39, 0.29) is 6.54 Å². The summed E-state index contributed by atoms with van der Waals surface area (Å²) in [5, 5.41) is 9.81. The lowest BCUT2D eigenvalue weighted by Crippen LogP contribution is -2.57. The molecule has 0 unspecified atom stereocenters. The fraction of sp³-hybridized carbons (Fsp3) is 1.00. The zero-order chi connectivity index (χ0) is 12.4. The Bertz CT molecular complexity index is 224. The summed E-state index contributed by atoms with van der Waals surface area (Å²) < 4.78 is 38.5. The molecule has 1 N–H and O–H groups in total. The Balaban J connectivity index is 2.70. The van der Waals surface area contributed by atoms with Gasteiger partial charge < -0.3 is 10.0 Å². The number of hydrogen-bond acceptors (Lipinski definition) is 2. The summed E-state index contributed by atoms with van der Waals surface area (Å²) in [6.07, 6.45) is -1.64. The average molecular weight is 239 g/mol. The van der Waals surface area contributed by atoms with E-state index in [1.54, 1.807) is 4.90 Å². The van der Waals surface area contributed by atoms with Gasteiger partial charge in [-0.3, -0.25) is 0 Å². The first-order valence-electron chi connectivity index (χ1n) is 5.79. The Hall–Kier alpha value is -0.290. The predicted molar refractivity (Wildman–Crippen MR) is 56.1 cm³/mol. The van der Waals surface area contributed by atoms with Crippen molar-refractivity contribution in [1.82, 2.24) is 4.90 Å². The Labute approximate surface area is 94.4 Å². The minimum absolute atomic E-state index is 0.297. The van der Waals surface area contributed by atoms with E-state index in [9.17, 15) is 18.3 Å². The van der Waals surface area contributed by atoms with Crippen LogP contribution in [0.4, 0.5) is 13.2 Å². The maximum atomic E-state index is 12.8. The summed E-state index contributed by atoms with van der Waals surface area (Å²) >= 11 is 0. The van der Waals surface area contributed by atoms with Crippen molar-refractivity contribution in [3.05, 3.63) is 0 Å². The second kappa shape index (κ2) is 4.92. The van der Waals surface area contributed by atoms with Crippen molar-refractivity contribution in [2.24, 2.45) is 5.92 Å². The van der Waals surface area contributed by atoms with Gasteiger partial charge in [0.05, 0.1) is 0 Å². The van der Waals surface area contributed by atoms with Crippen LogP contribution in [0.15, 0.2) is 0 Å². The van der Waals surface area contributed by atoms with Gasteiger partial charge in [0.25, 0.3) is 0 Å². The molecule has 0 radical (unpaired) electrons. The first-order chi connectivity index (χ1) is 7.27. The van der Waals surface area contributed by atoms with Crippen molar-refractivity contribution in [3.8, 4) is 0 Å². The molecule has 0 aliphatic carbocycles. The molecule has 0 saturated carbocycles. The highest BCUT2D eigenvalue weighted by atomic mass is 19.4. The van der Waals surface area contributed by atoms with E-state index < -0.39 is 17.7 Å². The fourth-order valence-electron chi connectivity index (χ4n) is 2.06. The summed E-state index contributed by atoms with van der Waals surface area (Å²) in [4.78, 5) is 1.72. The van der Waals surface area contributed by atoms with Crippen LogP contribution in [0.25, 0.3) is 0 Å². The molecule has 1 fully saturated rings. The van der Waals surface area contributed by atoms with Crippen LogP contribution < -0.4 is 0 Å². The summed E-state index contributed by atoms with van der Waals surface area (Å²) in [5.41, 5.74) is -2.58. The van der Waals surface area contributed by atoms with Crippen molar-refractivity contribution in [2.75, 3.05) is 19.6 Å². The van der Waals surface area contributed by atoms with Gasteiger partial charge in [0.2, 0.25) is 0 Å². The first-order valence-corrected chi connectivity index (χ1v) is 5.79. The number of piperidine rings is 1. The average Bonchev–Trinajstić information content (AvgIpc) is 2.17. The van der Waals surface area contributed by atoms with E-state index in [4.69, 9.17) is 0 Å². The largest absolute Gasteiger partial charge is 0.418 e. The Morgan fingerprint density at radius 3 is 2.00 bits per heavy atom. The van der Waals surface area contributed by atoms with Crippen molar-refractivity contribution < 1.29 is 18.3 Å². The van der Waals surface area contributed by atoms with Gasteiger partial charge in [-0.15, -0.1) is 0 Å². The normalized spacial score (nSPS) is 23.4. The van der Waals surface area contributed by atoms with Crippen LogP contribution in [0.2, 0.25) is 0 Å². The number of β-amino-alcohol motifs (C(OH)–C–C–N with tert-alkyl or cyclic N) is 1. The molecular formula is C11H20F3NO. The topological polar surface area (TPSA) is 23.5 Å². The van der Waals surface area contributed by atoms with Crippen LogP contribution in [-0.4, -0.2) is 41.4 Å². The lowest BCUT2D eigenvalue weighted by atomic mass is 9.88. The number of hydrogen-bond donors (Lipinski definition) is 1. The smallest absolute Gasteiger partial charge is 0.379 e. The molecule has 1 saturated heterocycles. The van der Waals surface area contributed by atoms with E-state index in [0.29, 0.717) is 13.1 Å². The van der Waals surface area contributed by atoms with Crippen molar-refractivity contribution in [3.63, 3.8) is 0 Å². The Morgan fingerprint density at radius 2 is 1.62 bits per heavy atom. The van der Waals surface area contributed by atoms with Crippen molar-refractivity contribution in [2.45, 2.75) is 44.9 Å². The van der Waals surface area contributed by atoms with Gasteiger partial charge in [-0.2, -0.15) is 13.2 Å². The van der Waals surface area contributed by atoms with Gasteiger partial charge in [0, 0.05) is 6.54 Å². The zero-order valence-electron chi connectivity index (χ0n) is 9.85. The number of likely N-dealkylation sites (tertiary alicyclic amines) is 1. The summed E-state index contributed by atoms with van der Waals surface area (Å²) in [6.45, 7) is 3.85. The van der Waals surface area contributed by atoms with Gasteiger partial charge >= 0.3 is 6.18 Å². The zero-order valence-corrected chi connectivity index (χ0v) is 9.85. The van der Waals surface area contributed by atoms with Gasteiger partial charge in [-0.25, -0.2) is 0 Å². The minimum Gasteiger partial charge on any atom is -0.379 e. The SMILES string of the molecule is CC(C)[C@](O)(CN1CCCCC1)C(F)(F)F. The molecule has 96 valence electrons. The highest BCUT2D eigenvalue weighted by Gasteiger charge is 2.56. The van der Waals surface area contributed by atoms with E-state index in [1.165, 1.54) is 13.8 Å². The summed E-state index contributed by atoms with van der Waals surface area (Å²) in [6, 6.07) is 0. The van der Waals surface area contributed by atoms with E-state index >= 15 is 0 Å². The van der Waals surface area contributed by atoms with Gasteiger partial charge in [-0.1, -0.05) is 20.3 Å². The maximum absolute atomic E-state index is 12.8. The molecule has 1 aliphatic rings. The molecule has 1 rings (SSSR count). The van der Waals surface area contributed by atoms with Crippen LogP contribution in [0, 0.1) is 5.92 Å². The van der Waals surface area contributed by atoms with Crippen molar-refractivity contribution in [1.29, 1.82) is 0 Å². The molecule has 16 heavy (non-hydrogen) atoms. The number of rotatable bonds is 3. The van der Waals surface area contributed by atoms with Gasteiger partial charge in [0.15, 0.2) is 5.60 Å². The molecule has 0 amide bonds. The molecule has 1 atom stereocenters. The molecular weight excluding hydrogens is 219 g/mol. The third kappa shape index (κ3) is 2.88. The second-order valence-electron chi connectivity index (χ2n) is 4.91. The van der Waals surface area contributed by atoms with E-state index in [0.717, 1.165) is 19.3 Å². The molecule has 0 aromatic heterocycles. The molecule has 0 aromatic rings.